The number of aromatic nitrogens is 1. The van der Waals surface area contributed by atoms with E-state index in [4.69, 9.17) is 5.73 Å². The van der Waals surface area contributed by atoms with Crippen LogP contribution in [0.2, 0.25) is 0 Å². The molecule has 0 bridgehead atoms. The van der Waals surface area contributed by atoms with E-state index in [-0.39, 0.29) is 26.0 Å². The van der Waals surface area contributed by atoms with Crippen LogP contribution in [0.5, 0.6) is 0 Å². The van der Waals surface area contributed by atoms with Crippen molar-refractivity contribution >= 4 is 5.91 Å². The molecule has 1 radical (unpaired) electrons. The molecule has 0 unspecified atom stereocenters. The maximum atomic E-state index is 11.6. The number of nitrogens with one attached hydrogen (secondary N) is 1. The van der Waals surface area contributed by atoms with Crippen LogP contribution in [0, 0.1) is 6.07 Å². The molecule has 0 aliphatic rings. The Morgan fingerprint density at radius 2 is 2.16 bits per heavy atom. The van der Waals surface area contributed by atoms with E-state index >= 15 is 0 Å². The van der Waals surface area contributed by atoms with E-state index in [0.717, 1.165) is 11.3 Å². The summed E-state index contributed by atoms with van der Waals surface area (Å²) >= 11 is 0. The molecular formula is C14H14IrN3O-. The number of nitrogens with two attached hydrogens (primary N) is 1. The standard InChI is InChI=1S/C14H14N3O.Ir/c15-8-9-16-14(18)12-6-7-13(17-10-12)11-4-2-1-3-5-11;/h1-4,6-7,10H,8-9,15H2,(H,16,18);/q-1;. The maximum Gasteiger partial charge on any atom is 0.252 e. The molecule has 4 nitrogen and oxygen atoms in total. The van der Waals surface area contributed by atoms with Crippen LogP contribution in [0.15, 0.2) is 42.6 Å². The zero-order valence-corrected chi connectivity index (χ0v) is 12.6. The van der Waals surface area contributed by atoms with Crippen molar-refractivity contribution in [3.8, 4) is 11.3 Å². The summed E-state index contributed by atoms with van der Waals surface area (Å²) in [5, 5.41) is 2.70. The molecule has 2 rings (SSSR count). The van der Waals surface area contributed by atoms with E-state index in [1.54, 1.807) is 12.3 Å². The smallest absolute Gasteiger partial charge is 0.252 e. The predicted octanol–water partition coefficient (Wildman–Crippen LogP) is 1.23. The average molecular weight is 433 g/mol. The van der Waals surface area contributed by atoms with Crippen molar-refractivity contribution in [3.63, 3.8) is 0 Å². The molecule has 0 saturated heterocycles. The third-order valence-corrected chi connectivity index (χ3v) is 2.44. The topological polar surface area (TPSA) is 68.0 Å². The fourth-order valence-electron chi connectivity index (χ4n) is 1.53. The molecule has 0 spiro atoms. The van der Waals surface area contributed by atoms with Gasteiger partial charge in [0.1, 0.15) is 0 Å². The van der Waals surface area contributed by atoms with Crippen molar-refractivity contribution in [1.29, 1.82) is 0 Å². The van der Waals surface area contributed by atoms with Crippen LogP contribution in [-0.2, 0) is 20.1 Å². The molecule has 2 aromatic rings. The van der Waals surface area contributed by atoms with E-state index in [0.29, 0.717) is 18.7 Å². The molecule has 1 heterocycles. The van der Waals surface area contributed by atoms with Crippen molar-refractivity contribution in [2.24, 2.45) is 5.73 Å². The first kappa shape index (κ1) is 15.5. The van der Waals surface area contributed by atoms with Crippen LogP contribution in [-0.4, -0.2) is 24.0 Å². The van der Waals surface area contributed by atoms with Gasteiger partial charge in [0.05, 0.1) is 5.56 Å². The number of benzene rings is 1. The minimum Gasteiger partial charge on any atom is -0.351 e. The fraction of sp³-hybridized carbons (Fsp3) is 0.143. The molecule has 1 aromatic heterocycles. The second-order valence-corrected chi connectivity index (χ2v) is 3.75. The molecule has 0 atom stereocenters. The van der Waals surface area contributed by atoms with E-state index in [2.05, 4.69) is 16.4 Å². The van der Waals surface area contributed by atoms with E-state index in [1.165, 1.54) is 0 Å². The Morgan fingerprint density at radius 3 is 2.74 bits per heavy atom. The zero-order valence-electron chi connectivity index (χ0n) is 10.2. The number of hydrogen-bond donors (Lipinski definition) is 2. The summed E-state index contributed by atoms with van der Waals surface area (Å²) in [5.74, 6) is -0.156. The number of hydrogen-bond acceptors (Lipinski definition) is 3. The minimum atomic E-state index is -0.156. The van der Waals surface area contributed by atoms with Crippen molar-refractivity contribution in [2.45, 2.75) is 0 Å². The van der Waals surface area contributed by atoms with Gasteiger partial charge in [-0.2, -0.15) is 0 Å². The Labute approximate surface area is 125 Å². The van der Waals surface area contributed by atoms with Gasteiger partial charge in [-0.15, -0.1) is 35.9 Å². The predicted molar refractivity (Wildman–Crippen MR) is 69.9 cm³/mol. The van der Waals surface area contributed by atoms with Gasteiger partial charge in [0.25, 0.3) is 5.91 Å². The van der Waals surface area contributed by atoms with Gasteiger partial charge in [-0.05, 0) is 5.69 Å². The third-order valence-electron chi connectivity index (χ3n) is 2.44. The molecule has 0 fully saturated rings. The van der Waals surface area contributed by atoms with Crippen molar-refractivity contribution in [3.05, 3.63) is 54.2 Å². The van der Waals surface area contributed by atoms with Gasteiger partial charge in [0, 0.05) is 39.4 Å². The summed E-state index contributed by atoms with van der Waals surface area (Å²) in [4.78, 5) is 15.9. The first-order chi connectivity index (χ1) is 8.81. The Morgan fingerprint density at radius 1 is 1.32 bits per heavy atom. The van der Waals surface area contributed by atoms with Gasteiger partial charge in [-0.1, -0.05) is 12.1 Å². The summed E-state index contributed by atoms with van der Waals surface area (Å²) < 4.78 is 0. The van der Waals surface area contributed by atoms with Crippen LogP contribution in [0.4, 0.5) is 0 Å². The second kappa shape index (κ2) is 7.79. The molecule has 101 valence electrons. The SMILES string of the molecule is NCCNC(=O)c1ccc(-c2[c-]cccc2)nc1.[Ir]. The van der Waals surface area contributed by atoms with E-state index < -0.39 is 0 Å². The molecule has 0 aliphatic carbocycles. The molecule has 19 heavy (non-hydrogen) atoms. The van der Waals surface area contributed by atoms with E-state index in [9.17, 15) is 4.79 Å². The van der Waals surface area contributed by atoms with Gasteiger partial charge in [0.2, 0.25) is 0 Å². The summed E-state index contributed by atoms with van der Waals surface area (Å²) in [6.45, 7) is 0.892. The fourth-order valence-corrected chi connectivity index (χ4v) is 1.53. The number of nitrogens with zero attached hydrogens (tertiary/aromatic N) is 1. The largest absolute Gasteiger partial charge is 0.351 e. The van der Waals surface area contributed by atoms with Gasteiger partial charge < -0.3 is 16.0 Å². The average Bonchev–Trinajstić information content (AvgIpc) is 2.46. The second-order valence-electron chi connectivity index (χ2n) is 3.75. The minimum absolute atomic E-state index is 0. The Kier molecular flexibility index (Phi) is 6.36. The molecule has 1 aromatic carbocycles. The summed E-state index contributed by atoms with van der Waals surface area (Å²) in [6, 6.07) is 14.2. The summed E-state index contributed by atoms with van der Waals surface area (Å²) in [5.41, 5.74) is 7.56. The normalized spacial score (nSPS) is 9.53. The molecular weight excluding hydrogens is 418 g/mol. The molecule has 0 aliphatic heterocycles. The molecule has 1 amide bonds. The first-order valence-corrected chi connectivity index (χ1v) is 5.72. The third kappa shape index (κ3) is 4.24. The molecule has 3 N–H and O–H groups in total. The Bertz CT molecular complexity index is 514. The summed E-state index contributed by atoms with van der Waals surface area (Å²) in [6.07, 6.45) is 1.56. The number of carbonyl (C=O) groups excluding carboxylic acids is 1. The quantitative estimate of drug-likeness (QED) is 0.715. The molecule has 5 heteroatoms. The van der Waals surface area contributed by atoms with E-state index in [1.807, 2.05) is 30.3 Å². The number of amides is 1. The van der Waals surface area contributed by atoms with Gasteiger partial charge in [-0.25, -0.2) is 0 Å². The van der Waals surface area contributed by atoms with Crippen molar-refractivity contribution in [2.75, 3.05) is 13.1 Å². The van der Waals surface area contributed by atoms with Crippen molar-refractivity contribution < 1.29 is 24.9 Å². The number of rotatable bonds is 4. The van der Waals surface area contributed by atoms with Gasteiger partial charge >= 0.3 is 0 Å². The van der Waals surface area contributed by atoms with Crippen LogP contribution in [0.1, 0.15) is 10.4 Å². The zero-order chi connectivity index (χ0) is 12.8. The van der Waals surface area contributed by atoms with Crippen LogP contribution >= 0.6 is 0 Å². The van der Waals surface area contributed by atoms with Gasteiger partial charge in [0.15, 0.2) is 0 Å². The monoisotopic (exact) mass is 433 g/mol. The maximum absolute atomic E-state index is 11.6. The Balaban J connectivity index is 0.00000180. The van der Waals surface area contributed by atoms with Crippen LogP contribution < -0.4 is 11.1 Å². The number of pyridine rings is 1. The molecule has 0 saturated carbocycles. The van der Waals surface area contributed by atoms with Crippen LogP contribution in [0.3, 0.4) is 0 Å². The van der Waals surface area contributed by atoms with Crippen LogP contribution in [0.25, 0.3) is 11.3 Å². The Hall–Kier alpha value is -1.55. The first-order valence-electron chi connectivity index (χ1n) is 5.72. The van der Waals surface area contributed by atoms with Crippen molar-refractivity contribution in [1.82, 2.24) is 10.3 Å². The number of carbonyl (C=O) groups is 1. The summed E-state index contributed by atoms with van der Waals surface area (Å²) in [7, 11) is 0. The van der Waals surface area contributed by atoms with Gasteiger partial charge in [-0.3, -0.25) is 4.79 Å².